The van der Waals surface area contributed by atoms with Gasteiger partial charge in [-0.2, -0.15) is 0 Å². The lowest BCUT2D eigenvalue weighted by Gasteiger charge is -2.45. The van der Waals surface area contributed by atoms with E-state index in [1.54, 1.807) is 0 Å². The van der Waals surface area contributed by atoms with Crippen LogP contribution in [-0.4, -0.2) is 42.5 Å². The maximum absolute atomic E-state index is 13.2. The Morgan fingerprint density at radius 1 is 1.24 bits per heavy atom. The first-order chi connectivity index (χ1) is 7.75. The summed E-state index contributed by atoms with van der Waals surface area (Å²) in [5.41, 5.74) is 0.00868. The van der Waals surface area contributed by atoms with Crippen LogP contribution in [0.25, 0.3) is 0 Å². The number of hydrogen-bond acceptors (Lipinski definition) is 2. The summed E-state index contributed by atoms with van der Waals surface area (Å²) in [5, 5.41) is 3.30. The molecule has 1 aliphatic rings. The third-order valence-corrected chi connectivity index (χ3v) is 3.58. The Morgan fingerprint density at radius 2 is 1.82 bits per heavy atom. The third-order valence-electron chi connectivity index (χ3n) is 3.58. The molecule has 2 atom stereocenters. The van der Waals surface area contributed by atoms with E-state index in [0.717, 1.165) is 6.54 Å². The largest absolute Gasteiger partial charge is 0.315 e. The Labute approximate surface area is 104 Å². The maximum Gasteiger partial charge on any atom is 0.253 e. The summed E-state index contributed by atoms with van der Waals surface area (Å²) in [5.74, 6) is 0. The zero-order chi connectivity index (χ0) is 13.2. The molecule has 1 fully saturated rings. The Bertz CT molecular complexity index is 236. The van der Waals surface area contributed by atoms with Gasteiger partial charge in [-0.3, -0.25) is 4.90 Å². The molecule has 1 rings (SSSR count). The van der Waals surface area contributed by atoms with Crippen molar-refractivity contribution in [1.29, 1.82) is 0 Å². The molecule has 0 aliphatic carbocycles. The average molecular weight is 248 g/mol. The summed E-state index contributed by atoms with van der Waals surface area (Å²) >= 11 is 0. The van der Waals surface area contributed by atoms with Crippen LogP contribution in [0.1, 0.15) is 41.0 Å². The van der Waals surface area contributed by atoms with Crippen molar-refractivity contribution in [3.63, 3.8) is 0 Å². The molecule has 0 radical (unpaired) electrons. The summed E-state index contributed by atoms with van der Waals surface area (Å²) in [6, 6.07) is -0.309. The first-order valence-corrected chi connectivity index (χ1v) is 6.51. The average Bonchev–Trinajstić information content (AvgIpc) is 2.37. The van der Waals surface area contributed by atoms with Crippen molar-refractivity contribution in [3.05, 3.63) is 0 Å². The number of nitrogens with one attached hydrogen (secondary N) is 1. The fourth-order valence-corrected chi connectivity index (χ4v) is 2.73. The molecule has 4 heteroatoms. The van der Waals surface area contributed by atoms with Crippen LogP contribution in [0.2, 0.25) is 0 Å². The van der Waals surface area contributed by atoms with E-state index in [0.29, 0.717) is 13.0 Å². The monoisotopic (exact) mass is 248 g/mol. The smallest absolute Gasteiger partial charge is 0.253 e. The van der Waals surface area contributed by atoms with Gasteiger partial charge in [-0.25, -0.2) is 8.78 Å². The molecule has 2 nitrogen and oxygen atoms in total. The topological polar surface area (TPSA) is 15.3 Å². The lowest BCUT2D eigenvalue weighted by atomic mass is 9.84. The molecule has 0 bridgehead atoms. The molecule has 0 saturated carbocycles. The van der Waals surface area contributed by atoms with E-state index in [2.05, 4.69) is 26.1 Å². The van der Waals surface area contributed by atoms with Gasteiger partial charge in [0.2, 0.25) is 0 Å². The highest BCUT2D eigenvalue weighted by Gasteiger charge is 2.40. The first-order valence-electron chi connectivity index (χ1n) is 6.51. The van der Waals surface area contributed by atoms with Gasteiger partial charge in [-0.1, -0.05) is 20.8 Å². The molecular weight excluding hydrogens is 222 g/mol. The predicted octanol–water partition coefficient (Wildman–Crippen LogP) is 2.74. The number of halogens is 2. The van der Waals surface area contributed by atoms with Crippen LogP contribution < -0.4 is 5.32 Å². The van der Waals surface area contributed by atoms with Crippen LogP contribution in [0.5, 0.6) is 0 Å². The molecule has 1 heterocycles. The van der Waals surface area contributed by atoms with Crippen LogP contribution in [0.3, 0.4) is 0 Å². The molecule has 1 saturated heterocycles. The van der Waals surface area contributed by atoms with Gasteiger partial charge in [-0.15, -0.1) is 0 Å². The van der Waals surface area contributed by atoms with Gasteiger partial charge in [0.15, 0.2) is 0 Å². The van der Waals surface area contributed by atoms with Gasteiger partial charge < -0.3 is 5.32 Å². The van der Waals surface area contributed by atoms with E-state index in [1.807, 2.05) is 18.7 Å². The molecule has 0 aromatic rings. The van der Waals surface area contributed by atoms with Gasteiger partial charge >= 0.3 is 0 Å². The molecule has 17 heavy (non-hydrogen) atoms. The SMILES string of the molecule is CC(C)N1C(C(F)F)CCNCC1C(C)(C)C. The Balaban J connectivity index is 3.00. The second-order valence-corrected chi connectivity index (χ2v) is 6.32. The van der Waals surface area contributed by atoms with E-state index < -0.39 is 12.5 Å². The van der Waals surface area contributed by atoms with Crippen molar-refractivity contribution in [2.24, 2.45) is 5.41 Å². The summed E-state index contributed by atoms with van der Waals surface area (Å²) in [4.78, 5) is 2.02. The van der Waals surface area contributed by atoms with E-state index in [-0.39, 0.29) is 17.5 Å². The number of rotatable bonds is 2. The summed E-state index contributed by atoms with van der Waals surface area (Å²) in [6.07, 6.45) is -1.73. The fourth-order valence-electron chi connectivity index (χ4n) is 2.73. The highest BCUT2D eigenvalue weighted by atomic mass is 19.3. The van der Waals surface area contributed by atoms with Crippen molar-refractivity contribution >= 4 is 0 Å². The van der Waals surface area contributed by atoms with Crippen molar-refractivity contribution < 1.29 is 8.78 Å². The van der Waals surface area contributed by atoms with Crippen LogP contribution in [0.4, 0.5) is 8.78 Å². The molecule has 0 aromatic heterocycles. The van der Waals surface area contributed by atoms with Gasteiger partial charge in [0.25, 0.3) is 6.43 Å². The van der Waals surface area contributed by atoms with E-state index in [9.17, 15) is 8.78 Å². The fraction of sp³-hybridized carbons (Fsp3) is 1.00. The highest BCUT2D eigenvalue weighted by molar-refractivity contribution is 4.93. The van der Waals surface area contributed by atoms with E-state index in [1.165, 1.54) is 0 Å². The van der Waals surface area contributed by atoms with Crippen molar-refractivity contribution in [2.75, 3.05) is 13.1 Å². The molecule has 102 valence electrons. The van der Waals surface area contributed by atoms with Crippen molar-refractivity contribution in [1.82, 2.24) is 10.2 Å². The zero-order valence-corrected chi connectivity index (χ0v) is 11.6. The van der Waals surface area contributed by atoms with Crippen LogP contribution in [0, 0.1) is 5.41 Å². The Kier molecular flexibility index (Phi) is 4.90. The standard InChI is InChI=1S/C13H26F2N2/c1-9(2)17-10(12(14)15)6-7-16-8-11(17)13(3,4)5/h9-12,16H,6-8H2,1-5H3. The van der Waals surface area contributed by atoms with Crippen LogP contribution in [-0.2, 0) is 0 Å². The second kappa shape index (κ2) is 5.61. The first kappa shape index (κ1) is 14.8. The lowest BCUT2D eigenvalue weighted by molar-refractivity contribution is -0.0356. The quantitative estimate of drug-likeness (QED) is 0.808. The van der Waals surface area contributed by atoms with E-state index >= 15 is 0 Å². The number of nitrogens with zero attached hydrogens (tertiary/aromatic N) is 1. The minimum Gasteiger partial charge on any atom is -0.315 e. The minimum absolute atomic E-state index is 0.00868. The highest BCUT2D eigenvalue weighted by Crippen LogP contribution is 2.31. The predicted molar refractivity (Wildman–Crippen MR) is 67.5 cm³/mol. The zero-order valence-electron chi connectivity index (χ0n) is 11.6. The molecular formula is C13H26F2N2. The molecule has 0 amide bonds. The minimum atomic E-state index is -2.26. The normalized spacial score (nSPS) is 28.8. The van der Waals surface area contributed by atoms with Crippen LogP contribution >= 0.6 is 0 Å². The summed E-state index contributed by atoms with van der Waals surface area (Å²) in [7, 11) is 0. The van der Waals surface area contributed by atoms with Crippen LogP contribution in [0.15, 0.2) is 0 Å². The van der Waals surface area contributed by atoms with Gasteiger partial charge in [0.1, 0.15) is 0 Å². The third kappa shape index (κ3) is 3.62. The van der Waals surface area contributed by atoms with Gasteiger partial charge in [0.05, 0.1) is 6.04 Å². The Morgan fingerprint density at radius 3 is 2.24 bits per heavy atom. The van der Waals surface area contributed by atoms with Gasteiger partial charge in [0, 0.05) is 18.6 Å². The Hall–Kier alpha value is -0.220. The lowest BCUT2D eigenvalue weighted by Crippen LogP contribution is -2.56. The van der Waals surface area contributed by atoms with E-state index in [4.69, 9.17) is 0 Å². The molecule has 2 unspecified atom stereocenters. The van der Waals surface area contributed by atoms with Crippen molar-refractivity contribution in [3.8, 4) is 0 Å². The number of hydrogen-bond donors (Lipinski definition) is 1. The molecule has 0 spiro atoms. The molecule has 1 N–H and O–H groups in total. The summed E-state index contributed by atoms with van der Waals surface area (Å²) in [6.45, 7) is 11.9. The maximum atomic E-state index is 13.2. The van der Waals surface area contributed by atoms with Gasteiger partial charge in [-0.05, 0) is 32.2 Å². The van der Waals surface area contributed by atoms with Crippen molar-refractivity contribution in [2.45, 2.75) is 65.6 Å². The number of alkyl halides is 2. The molecule has 0 aromatic carbocycles. The molecule has 1 aliphatic heterocycles. The second-order valence-electron chi connectivity index (χ2n) is 6.32. The summed E-state index contributed by atoms with van der Waals surface area (Å²) < 4.78 is 26.4.